The van der Waals surface area contributed by atoms with Crippen LogP contribution in [0.1, 0.15) is 26.4 Å². The third-order valence-electron chi connectivity index (χ3n) is 3.34. The van der Waals surface area contributed by atoms with E-state index in [2.05, 4.69) is 4.98 Å². The number of rotatable bonds is 4. The van der Waals surface area contributed by atoms with Crippen LogP contribution in [0, 0.1) is 0 Å². The molecule has 0 bridgehead atoms. The standard InChI is InChI=1S/C17H12ClNO3/c18-12-6-7-15-13(8-12)14(9-20)16(19-15)17(21)22-10-11-4-2-1-3-5-11/h1-9,19H,10H2. The summed E-state index contributed by atoms with van der Waals surface area (Å²) in [5.74, 6) is -0.571. The average molecular weight is 314 g/mol. The molecule has 0 aliphatic carbocycles. The molecule has 0 saturated carbocycles. The van der Waals surface area contributed by atoms with Crippen molar-refractivity contribution < 1.29 is 14.3 Å². The number of halogens is 1. The Morgan fingerprint density at radius 1 is 1.18 bits per heavy atom. The maximum Gasteiger partial charge on any atom is 0.355 e. The van der Waals surface area contributed by atoms with Crippen molar-refractivity contribution in [3.63, 3.8) is 0 Å². The normalized spacial score (nSPS) is 10.6. The monoisotopic (exact) mass is 313 g/mol. The van der Waals surface area contributed by atoms with E-state index >= 15 is 0 Å². The third kappa shape index (κ3) is 2.73. The molecule has 0 fully saturated rings. The van der Waals surface area contributed by atoms with Crippen molar-refractivity contribution in [1.29, 1.82) is 0 Å². The minimum Gasteiger partial charge on any atom is -0.456 e. The topological polar surface area (TPSA) is 59.2 Å². The quantitative estimate of drug-likeness (QED) is 0.585. The van der Waals surface area contributed by atoms with Crippen LogP contribution < -0.4 is 0 Å². The first kappa shape index (κ1) is 14.4. The number of carbonyl (C=O) groups excluding carboxylic acids is 2. The van der Waals surface area contributed by atoms with Gasteiger partial charge in [-0.05, 0) is 23.8 Å². The second-order valence-corrected chi connectivity index (χ2v) is 5.22. The van der Waals surface area contributed by atoms with Gasteiger partial charge in [-0.3, -0.25) is 4.79 Å². The highest BCUT2D eigenvalue weighted by Gasteiger charge is 2.19. The largest absolute Gasteiger partial charge is 0.456 e. The number of benzene rings is 2. The molecule has 1 aromatic heterocycles. The van der Waals surface area contributed by atoms with E-state index in [-0.39, 0.29) is 17.9 Å². The van der Waals surface area contributed by atoms with Gasteiger partial charge in [-0.25, -0.2) is 4.79 Å². The number of hydrogen-bond acceptors (Lipinski definition) is 3. The highest BCUT2D eigenvalue weighted by atomic mass is 35.5. The van der Waals surface area contributed by atoms with Crippen molar-refractivity contribution in [2.24, 2.45) is 0 Å². The molecule has 22 heavy (non-hydrogen) atoms. The van der Waals surface area contributed by atoms with E-state index in [0.717, 1.165) is 5.56 Å². The molecule has 3 aromatic rings. The maximum atomic E-state index is 12.2. The predicted molar refractivity (Wildman–Crippen MR) is 84.3 cm³/mol. The van der Waals surface area contributed by atoms with Crippen LogP contribution in [0.5, 0.6) is 0 Å². The van der Waals surface area contributed by atoms with E-state index in [0.29, 0.717) is 22.2 Å². The molecule has 0 saturated heterocycles. The van der Waals surface area contributed by atoms with Gasteiger partial charge in [0.2, 0.25) is 0 Å². The Hall–Kier alpha value is -2.59. The van der Waals surface area contributed by atoms with Gasteiger partial charge in [-0.1, -0.05) is 41.9 Å². The van der Waals surface area contributed by atoms with Gasteiger partial charge < -0.3 is 9.72 Å². The van der Waals surface area contributed by atoms with E-state index in [1.165, 1.54) is 0 Å². The molecule has 0 aliphatic rings. The molecule has 0 atom stereocenters. The lowest BCUT2D eigenvalue weighted by atomic mass is 10.1. The van der Waals surface area contributed by atoms with Gasteiger partial charge in [0, 0.05) is 15.9 Å². The highest BCUT2D eigenvalue weighted by molar-refractivity contribution is 6.31. The molecule has 3 rings (SSSR count). The minimum absolute atomic E-state index is 0.142. The predicted octanol–water partition coefficient (Wildman–Crippen LogP) is 3.99. The lowest BCUT2D eigenvalue weighted by Gasteiger charge is -2.04. The molecule has 1 heterocycles. The van der Waals surface area contributed by atoms with Gasteiger partial charge in [0.15, 0.2) is 6.29 Å². The lowest BCUT2D eigenvalue weighted by Crippen LogP contribution is -2.08. The van der Waals surface area contributed by atoms with Crippen LogP contribution in [0.2, 0.25) is 5.02 Å². The number of aldehydes is 1. The van der Waals surface area contributed by atoms with Crippen LogP contribution in [0.15, 0.2) is 48.5 Å². The Balaban J connectivity index is 1.89. The zero-order valence-electron chi connectivity index (χ0n) is 11.5. The zero-order valence-corrected chi connectivity index (χ0v) is 12.3. The van der Waals surface area contributed by atoms with Gasteiger partial charge in [0.1, 0.15) is 12.3 Å². The summed E-state index contributed by atoms with van der Waals surface area (Å²) >= 11 is 5.93. The Labute approximate surface area is 131 Å². The van der Waals surface area contributed by atoms with Crippen molar-refractivity contribution in [1.82, 2.24) is 4.98 Å². The second kappa shape index (κ2) is 6.03. The molecule has 4 nitrogen and oxygen atoms in total. The zero-order chi connectivity index (χ0) is 15.5. The van der Waals surface area contributed by atoms with E-state index in [1.54, 1.807) is 18.2 Å². The fourth-order valence-electron chi connectivity index (χ4n) is 2.26. The molecule has 0 aliphatic heterocycles. The molecule has 0 unspecified atom stereocenters. The first-order valence-electron chi connectivity index (χ1n) is 6.66. The molecular weight excluding hydrogens is 302 g/mol. The molecule has 1 N–H and O–H groups in total. The smallest absolute Gasteiger partial charge is 0.355 e. The molecule has 5 heteroatoms. The Bertz CT molecular complexity index is 840. The Morgan fingerprint density at radius 3 is 2.68 bits per heavy atom. The Morgan fingerprint density at radius 2 is 1.95 bits per heavy atom. The van der Waals surface area contributed by atoms with Crippen LogP contribution in [-0.4, -0.2) is 17.2 Å². The SMILES string of the molecule is O=Cc1c(C(=O)OCc2ccccc2)[nH]c2ccc(Cl)cc12. The van der Waals surface area contributed by atoms with Crippen LogP contribution in [-0.2, 0) is 11.3 Å². The highest BCUT2D eigenvalue weighted by Crippen LogP contribution is 2.25. The van der Waals surface area contributed by atoms with Crippen molar-refractivity contribution in [3.05, 3.63) is 70.4 Å². The van der Waals surface area contributed by atoms with Crippen molar-refractivity contribution >= 4 is 34.8 Å². The van der Waals surface area contributed by atoms with Gasteiger partial charge >= 0.3 is 5.97 Å². The van der Waals surface area contributed by atoms with Gasteiger partial charge in [-0.2, -0.15) is 0 Å². The van der Waals surface area contributed by atoms with E-state index in [1.807, 2.05) is 30.3 Å². The van der Waals surface area contributed by atoms with Crippen molar-refractivity contribution in [3.8, 4) is 0 Å². The summed E-state index contributed by atoms with van der Waals surface area (Å²) in [5.41, 5.74) is 1.94. The van der Waals surface area contributed by atoms with Crippen molar-refractivity contribution in [2.45, 2.75) is 6.61 Å². The van der Waals surface area contributed by atoms with Crippen LogP contribution in [0.3, 0.4) is 0 Å². The van der Waals surface area contributed by atoms with Crippen LogP contribution in [0.25, 0.3) is 10.9 Å². The fourth-order valence-corrected chi connectivity index (χ4v) is 2.44. The number of H-pyrrole nitrogens is 1. The number of fused-ring (bicyclic) bond motifs is 1. The first-order valence-corrected chi connectivity index (χ1v) is 7.04. The fraction of sp³-hybridized carbons (Fsp3) is 0.0588. The van der Waals surface area contributed by atoms with E-state index < -0.39 is 5.97 Å². The number of hydrogen-bond donors (Lipinski definition) is 1. The molecule has 110 valence electrons. The molecule has 0 radical (unpaired) electrons. The van der Waals surface area contributed by atoms with Crippen LogP contribution >= 0.6 is 11.6 Å². The summed E-state index contributed by atoms with van der Waals surface area (Å²) in [5, 5.41) is 1.10. The van der Waals surface area contributed by atoms with Gasteiger partial charge in [0.25, 0.3) is 0 Å². The third-order valence-corrected chi connectivity index (χ3v) is 3.57. The summed E-state index contributed by atoms with van der Waals surface area (Å²) in [6, 6.07) is 14.4. The molecule has 0 spiro atoms. The number of ether oxygens (including phenoxy) is 1. The van der Waals surface area contributed by atoms with Gasteiger partial charge in [0.05, 0.1) is 5.56 Å². The molecule has 2 aromatic carbocycles. The average Bonchev–Trinajstić information content (AvgIpc) is 2.91. The van der Waals surface area contributed by atoms with Gasteiger partial charge in [-0.15, -0.1) is 0 Å². The van der Waals surface area contributed by atoms with Crippen molar-refractivity contribution in [2.75, 3.05) is 0 Å². The van der Waals surface area contributed by atoms with E-state index in [9.17, 15) is 9.59 Å². The minimum atomic E-state index is -0.571. The Kier molecular flexibility index (Phi) is 3.94. The molecule has 0 amide bonds. The number of aromatic nitrogens is 1. The van der Waals surface area contributed by atoms with Crippen LogP contribution in [0.4, 0.5) is 0 Å². The number of esters is 1. The van der Waals surface area contributed by atoms with E-state index in [4.69, 9.17) is 16.3 Å². The summed E-state index contributed by atoms with van der Waals surface area (Å²) in [7, 11) is 0. The number of nitrogens with one attached hydrogen (secondary N) is 1. The molecular formula is C17H12ClNO3. The summed E-state index contributed by atoms with van der Waals surface area (Å²) in [4.78, 5) is 26.4. The summed E-state index contributed by atoms with van der Waals surface area (Å²) < 4.78 is 5.25. The number of carbonyl (C=O) groups is 2. The summed E-state index contributed by atoms with van der Waals surface area (Å²) in [6.07, 6.45) is 0.633. The summed E-state index contributed by atoms with van der Waals surface area (Å²) in [6.45, 7) is 0.147. The second-order valence-electron chi connectivity index (χ2n) is 4.78. The number of aromatic amines is 1. The maximum absolute atomic E-state index is 12.2. The first-order chi connectivity index (χ1) is 10.7. The lowest BCUT2D eigenvalue weighted by molar-refractivity contribution is 0.0465.